The van der Waals surface area contributed by atoms with Crippen molar-refractivity contribution in [3.05, 3.63) is 24.3 Å². The first-order chi connectivity index (χ1) is 28.6. The van der Waals surface area contributed by atoms with Crippen LogP contribution in [-0.2, 0) is 38.3 Å². The van der Waals surface area contributed by atoms with Crippen molar-refractivity contribution in [1.82, 2.24) is 0 Å². The van der Waals surface area contributed by atoms with E-state index in [0.717, 1.165) is 51.4 Å². The Kier molecular flexibility index (Phi) is 36.1. The van der Waals surface area contributed by atoms with Crippen molar-refractivity contribution in [3.63, 3.8) is 0 Å². The number of hydrogen-bond donors (Lipinski definition) is 4. The van der Waals surface area contributed by atoms with Gasteiger partial charge in [0.15, 0.2) is 6.29 Å². The van der Waals surface area contributed by atoms with Crippen molar-refractivity contribution < 1.29 is 56.2 Å². The Labute approximate surface area is 359 Å². The van der Waals surface area contributed by atoms with Gasteiger partial charge in [-0.25, -0.2) is 4.18 Å². The molecule has 0 aromatic rings. The van der Waals surface area contributed by atoms with Crippen molar-refractivity contribution in [2.75, 3.05) is 26.4 Å². The van der Waals surface area contributed by atoms with Crippen LogP contribution in [0.15, 0.2) is 24.3 Å². The summed E-state index contributed by atoms with van der Waals surface area (Å²) < 4.78 is 59.1. The van der Waals surface area contributed by atoms with Gasteiger partial charge in [-0.1, -0.05) is 154 Å². The van der Waals surface area contributed by atoms with Crippen molar-refractivity contribution in [2.45, 2.75) is 237 Å². The molecule has 0 radical (unpaired) electrons. The number of allylic oxidation sites excluding steroid dienone is 4. The maximum atomic E-state index is 12.9. The number of rotatable bonds is 41. The van der Waals surface area contributed by atoms with Gasteiger partial charge in [-0.05, 0) is 64.2 Å². The van der Waals surface area contributed by atoms with Crippen LogP contribution >= 0.6 is 0 Å². The first-order valence-corrected chi connectivity index (χ1v) is 25.0. The Morgan fingerprint density at radius 1 is 0.627 bits per heavy atom. The minimum Gasteiger partial charge on any atom is -0.457 e. The van der Waals surface area contributed by atoms with Gasteiger partial charge in [-0.15, -0.1) is 0 Å². The second-order valence-corrected chi connectivity index (χ2v) is 17.4. The molecule has 0 spiro atoms. The van der Waals surface area contributed by atoms with Crippen molar-refractivity contribution in [2.24, 2.45) is 0 Å². The Morgan fingerprint density at radius 2 is 1.07 bits per heavy atom. The second kappa shape index (κ2) is 38.3. The standard InChI is InChI=1S/C46H86O12S/c1-3-5-7-9-11-13-15-17-19-20-21-23-25-27-29-31-33-35-42(48)56-40(39-55-46-44(50)45(58-59(51,52)53)43(49)41(37-47)57-46)38-54-36-34-32-30-28-26-24-22-18-16-14-12-10-8-6-4-2/h16-19,40-41,43-47,49-50H,3-15,20-39H2,1-2H3,(H,51,52,53)/b18-16-,19-17-. The van der Waals surface area contributed by atoms with Crippen LogP contribution < -0.4 is 0 Å². The molecule has 0 aliphatic carbocycles. The molecule has 0 bridgehead atoms. The molecule has 1 fully saturated rings. The number of hydrogen-bond acceptors (Lipinski definition) is 11. The van der Waals surface area contributed by atoms with Crippen LogP contribution in [0.1, 0.15) is 200 Å². The summed E-state index contributed by atoms with van der Waals surface area (Å²) in [7, 11) is -5.06. The van der Waals surface area contributed by atoms with E-state index in [2.05, 4.69) is 42.3 Å². The van der Waals surface area contributed by atoms with Crippen LogP contribution in [-0.4, -0.2) is 97.5 Å². The third kappa shape index (κ3) is 32.0. The lowest BCUT2D eigenvalue weighted by Crippen LogP contribution is -2.60. The zero-order valence-corrected chi connectivity index (χ0v) is 37.9. The Morgan fingerprint density at radius 3 is 1.53 bits per heavy atom. The highest BCUT2D eigenvalue weighted by molar-refractivity contribution is 7.80. The Hall–Kier alpha value is -1.42. The minimum absolute atomic E-state index is 0.0325. The molecule has 1 heterocycles. The normalized spacial score (nSPS) is 20.5. The molecule has 0 aromatic heterocycles. The summed E-state index contributed by atoms with van der Waals surface area (Å²) in [4.78, 5) is 12.9. The first kappa shape index (κ1) is 55.6. The average molecular weight is 863 g/mol. The number of aliphatic hydroxyl groups excluding tert-OH is 3. The predicted molar refractivity (Wildman–Crippen MR) is 234 cm³/mol. The SMILES string of the molecule is CCCCCCC/C=C\CCCCCCCCOCC(COC1OC(CO)C(O)C(OS(=O)(=O)O)C1O)OC(=O)CCCCCCCCC/C=C\CCCCCCCC. The van der Waals surface area contributed by atoms with Gasteiger partial charge in [0.1, 0.15) is 30.5 Å². The van der Waals surface area contributed by atoms with Crippen molar-refractivity contribution in [1.29, 1.82) is 0 Å². The van der Waals surface area contributed by atoms with Gasteiger partial charge >= 0.3 is 16.4 Å². The molecule has 1 aliphatic rings. The molecule has 348 valence electrons. The van der Waals surface area contributed by atoms with E-state index < -0.39 is 59.8 Å². The smallest absolute Gasteiger partial charge is 0.397 e. The van der Waals surface area contributed by atoms with E-state index in [1.54, 1.807) is 0 Å². The lowest BCUT2D eigenvalue weighted by Gasteiger charge is -2.41. The van der Waals surface area contributed by atoms with E-state index in [1.165, 1.54) is 122 Å². The number of carbonyl (C=O) groups excluding carboxylic acids is 1. The lowest BCUT2D eigenvalue weighted by molar-refractivity contribution is -0.301. The van der Waals surface area contributed by atoms with Crippen molar-refractivity contribution >= 4 is 16.4 Å². The largest absolute Gasteiger partial charge is 0.457 e. The zero-order chi connectivity index (χ0) is 43.2. The van der Waals surface area contributed by atoms with Gasteiger partial charge < -0.3 is 34.3 Å². The fourth-order valence-corrected chi connectivity index (χ4v) is 7.70. The summed E-state index contributed by atoms with van der Waals surface area (Å²) in [5.41, 5.74) is 0. The topological polar surface area (TPSA) is 178 Å². The first-order valence-electron chi connectivity index (χ1n) is 23.6. The number of ether oxygens (including phenoxy) is 4. The second-order valence-electron chi connectivity index (χ2n) is 16.3. The van der Waals surface area contributed by atoms with E-state index in [1.807, 2.05) is 0 Å². The Bertz CT molecular complexity index is 1130. The molecule has 0 saturated carbocycles. The quantitative estimate of drug-likeness (QED) is 0.0198. The lowest BCUT2D eigenvalue weighted by atomic mass is 9.99. The Balaban J connectivity index is 2.42. The van der Waals surface area contributed by atoms with Gasteiger partial charge in [0.05, 0.1) is 19.8 Å². The average Bonchev–Trinajstić information content (AvgIpc) is 3.20. The predicted octanol–water partition coefficient (Wildman–Crippen LogP) is 10.0. The van der Waals surface area contributed by atoms with Crippen LogP contribution in [0.4, 0.5) is 0 Å². The molecule has 1 rings (SSSR count). The minimum atomic E-state index is -5.06. The summed E-state index contributed by atoms with van der Waals surface area (Å²) in [6, 6.07) is 0. The summed E-state index contributed by atoms with van der Waals surface area (Å²) in [6.45, 7) is 3.97. The highest BCUT2D eigenvalue weighted by Gasteiger charge is 2.48. The highest BCUT2D eigenvalue weighted by atomic mass is 32.3. The van der Waals surface area contributed by atoms with Crippen LogP contribution in [0.5, 0.6) is 0 Å². The molecule has 1 saturated heterocycles. The fourth-order valence-electron chi connectivity index (χ4n) is 7.19. The van der Waals surface area contributed by atoms with Gasteiger partial charge in [0, 0.05) is 13.0 Å². The van der Waals surface area contributed by atoms with Gasteiger partial charge in [0.25, 0.3) is 0 Å². The monoisotopic (exact) mass is 863 g/mol. The molecule has 1 aliphatic heterocycles. The van der Waals surface area contributed by atoms with Crippen LogP contribution in [0.3, 0.4) is 0 Å². The summed E-state index contributed by atoms with van der Waals surface area (Å²) in [5.74, 6) is -0.405. The number of carbonyl (C=O) groups is 1. The molecule has 0 amide bonds. The maximum Gasteiger partial charge on any atom is 0.397 e. The summed E-state index contributed by atoms with van der Waals surface area (Å²) >= 11 is 0. The molecule has 6 unspecified atom stereocenters. The highest BCUT2D eigenvalue weighted by Crippen LogP contribution is 2.26. The van der Waals surface area contributed by atoms with E-state index in [0.29, 0.717) is 13.0 Å². The summed E-state index contributed by atoms with van der Waals surface area (Å²) in [5, 5.41) is 30.7. The molecule has 13 heteroatoms. The molecule has 59 heavy (non-hydrogen) atoms. The van der Waals surface area contributed by atoms with E-state index in [4.69, 9.17) is 23.5 Å². The molecule has 4 N–H and O–H groups in total. The van der Waals surface area contributed by atoms with E-state index >= 15 is 0 Å². The van der Waals surface area contributed by atoms with E-state index in [9.17, 15) is 28.5 Å². The molecular weight excluding hydrogens is 777 g/mol. The molecule has 6 atom stereocenters. The fraction of sp³-hybridized carbons (Fsp3) is 0.891. The number of esters is 1. The number of aliphatic hydroxyl groups is 3. The summed E-state index contributed by atoms with van der Waals surface area (Å²) in [6.07, 6.45) is 33.5. The van der Waals surface area contributed by atoms with Crippen LogP contribution in [0.2, 0.25) is 0 Å². The van der Waals surface area contributed by atoms with Crippen LogP contribution in [0, 0.1) is 0 Å². The van der Waals surface area contributed by atoms with Gasteiger partial charge in [-0.2, -0.15) is 8.42 Å². The third-order valence-corrected chi connectivity index (χ3v) is 11.3. The van der Waals surface area contributed by atoms with Crippen LogP contribution in [0.25, 0.3) is 0 Å². The molecule has 12 nitrogen and oxygen atoms in total. The van der Waals surface area contributed by atoms with Crippen molar-refractivity contribution in [3.8, 4) is 0 Å². The number of unbranched alkanes of at least 4 members (excludes halogenated alkanes) is 24. The molecular formula is C46H86O12S. The maximum absolute atomic E-state index is 12.9. The third-order valence-electron chi connectivity index (χ3n) is 10.8. The molecule has 0 aromatic carbocycles. The van der Waals surface area contributed by atoms with Gasteiger partial charge in [0.2, 0.25) is 0 Å². The van der Waals surface area contributed by atoms with E-state index in [-0.39, 0.29) is 19.6 Å². The van der Waals surface area contributed by atoms with Gasteiger partial charge in [-0.3, -0.25) is 9.35 Å². The zero-order valence-electron chi connectivity index (χ0n) is 37.1.